The summed E-state index contributed by atoms with van der Waals surface area (Å²) in [6.07, 6.45) is 0.515. The second-order valence-corrected chi connectivity index (χ2v) is 4.24. The zero-order valence-electron chi connectivity index (χ0n) is 10.8. The van der Waals surface area contributed by atoms with Crippen LogP contribution in [0.25, 0.3) is 5.76 Å². The minimum absolute atomic E-state index is 0.0213. The minimum Gasteiger partial charge on any atom is -0.507 e. The number of methoxy groups -OCH3 is 1. The van der Waals surface area contributed by atoms with Crippen molar-refractivity contribution >= 4 is 23.3 Å². The molecule has 1 heterocycles. The van der Waals surface area contributed by atoms with Crippen molar-refractivity contribution in [3.05, 3.63) is 34.9 Å². The number of nitrogens with one attached hydrogen (secondary N) is 1. The van der Waals surface area contributed by atoms with E-state index in [0.29, 0.717) is 17.7 Å². The topological polar surface area (TPSA) is 75.6 Å². The molecule has 0 saturated heterocycles. The molecular weight excluding hydrogens is 246 g/mol. The largest absolute Gasteiger partial charge is 0.507 e. The second kappa shape index (κ2) is 5.14. The van der Waals surface area contributed by atoms with Gasteiger partial charge in [0.2, 0.25) is 5.91 Å². The van der Waals surface area contributed by atoms with E-state index in [4.69, 9.17) is 0 Å². The lowest BCUT2D eigenvalue weighted by atomic mass is 10.0. The fraction of sp³-hybridized carbons (Fsp3) is 0.286. The third-order valence-electron chi connectivity index (χ3n) is 3.11. The quantitative estimate of drug-likeness (QED) is 0.799. The lowest BCUT2D eigenvalue weighted by Gasteiger charge is -2.11. The fourth-order valence-electron chi connectivity index (χ4n) is 2.12. The Labute approximate surface area is 110 Å². The Morgan fingerprint density at radius 2 is 2.21 bits per heavy atom. The van der Waals surface area contributed by atoms with Gasteiger partial charge in [-0.1, -0.05) is 19.1 Å². The first-order valence-corrected chi connectivity index (χ1v) is 6.01. The van der Waals surface area contributed by atoms with Crippen LogP contribution < -0.4 is 5.32 Å². The van der Waals surface area contributed by atoms with Gasteiger partial charge in [-0.15, -0.1) is 0 Å². The number of rotatable bonds is 2. The van der Waals surface area contributed by atoms with Crippen molar-refractivity contribution in [3.63, 3.8) is 0 Å². The van der Waals surface area contributed by atoms with Gasteiger partial charge in [-0.05, 0) is 18.1 Å². The van der Waals surface area contributed by atoms with E-state index in [2.05, 4.69) is 10.1 Å². The number of aliphatic hydroxyl groups is 1. The third-order valence-corrected chi connectivity index (χ3v) is 3.11. The second-order valence-electron chi connectivity index (χ2n) is 4.24. The average molecular weight is 261 g/mol. The first kappa shape index (κ1) is 13.1. The Kier molecular flexibility index (Phi) is 3.55. The first-order chi connectivity index (χ1) is 9.08. The highest BCUT2D eigenvalue weighted by Gasteiger charge is 2.27. The third kappa shape index (κ3) is 2.31. The van der Waals surface area contributed by atoms with Crippen LogP contribution in [0.3, 0.4) is 0 Å². The van der Waals surface area contributed by atoms with Crippen molar-refractivity contribution < 1.29 is 19.4 Å². The van der Waals surface area contributed by atoms with Gasteiger partial charge < -0.3 is 15.2 Å². The molecule has 5 nitrogen and oxygen atoms in total. The van der Waals surface area contributed by atoms with Crippen molar-refractivity contribution in [2.45, 2.75) is 19.8 Å². The molecule has 5 heteroatoms. The molecule has 2 N–H and O–H groups in total. The summed E-state index contributed by atoms with van der Waals surface area (Å²) in [4.78, 5) is 23.4. The highest BCUT2D eigenvalue weighted by atomic mass is 16.5. The maximum atomic E-state index is 11.8. The van der Waals surface area contributed by atoms with E-state index in [1.807, 2.05) is 13.0 Å². The lowest BCUT2D eigenvalue weighted by Crippen LogP contribution is -2.15. The van der Waals surface area contributed by atoms with Crippen LogP contribution in [0, 0.1) is 0 Å². The van der Waals surface area contributed by atoms with Crippen molar-refractivity contribution in [2.75, 3.05) is 12.4 Å². The first-order valence-electron chi connectivity index (χ1n) is 6.01. The fourth-order valence-corrected chi connectivity index (χ4v) is 2.12. The SMILES string of the molecule is CCc1cccc2c1NC(=O)CC(C(=O)OC)=C2O. The number of ether oxygens (including phenoxy) is 1. The normalized spacial score (nSPS) is 14.5. The molecule has 0 unspecified atom stereocenters. The van der Waals surface area contributed by atoms with Gasteiger partial charge in [-0.25, -0.2) is 4.79 Å². The van der Waals surface area contributed by atoms with Crippen LogP contribution >= 0.6 is 0 Å². The van der Waals surface area contributed by atoms with E-state index in [-0.39, 0.29) is 23.7 Å². The molecule has 0 fully saturated rings. The predicted molar refractivity (Wildman–Crippen MR) is 70.6 cm³/mol. The number of benzene rings is 1. The van der Waals surface area contributed by atoms with E-state index >= 15 is 0 Å². The molecule has 1 aromatic carbocycles. The Balaban J connectivity index is 2.65. The predicted octanol–water partition coefficient (Wildman–Crippen LogP) is 2.03. The number of amides is 1. The molecule has 100 valence electrons. The number of esters is 1. The van der Waals surface area contributed by atoms with Crippen LogP contribution in [0.15, 0.2) is 23.8 Å². The molecule has 0 aliphatic carbocycles. The van der Waals surface area contributed by atoms with E-state index in [1.165, 1.54) is 7.11 Å². The summed E-state index contributed by atoms with van der Waals surface area (Å²) < 4.78 is 4.60. The van der Waals surface area contributed by atoms with E-state index in [0.717, 1.165) is 5.56 Å². The summed E-state index contributed by atoms with van der Waals surface area (Å²) in [5.74, 6) is -1.23. The molecular formula is C14H15NO4. The summed E-state index contributed by atoms with van der Waals surface area (Å²) in [6, 6.07) is 5.31. The molecule has 0 bridgehead atoms. The van der Waals surface area contributed by atoms with Crippen molar-refractivity contribution in [3.8, 4) is 0 Å². The van der Waals surface area contributed by atoms with Crippen LogP contribution in [0.4, 0.5) is 5.69 Å². The molecule has 0 saturated carbocycles. The van der Waals surface area contributed by atoms with Crippen LogP contribution in [0.1, 0.15) is 24.5 Å². The van der Waals surface area contributed by atoms with Crippen LogP contribution in [0.2, 0.25) is 0 Å². The van der Waals surface area contributed by atoms with Gasteiger partial charge in [0.15, 0.2) is 0 Å². The summed E-state index contributed by atoms with van der Waals surface area (Å²) in [5.41, 5.74) is 1.90. The van der Waals surface area contributed by atoms with Crippen molar-refractivity contribution in [1.29, 1.82) is 0 Å². The van der Waals surface area contributed by atoms with Gasteiger partial charge in [0.25, 0.3) is 0 Å². The monoisotopic (exact) mass is 261 g/mol. The molecule has 0 atom stereocenters. The zero-order chi connectivity index (χ0) is 14.0. The Hall–Kier alpha value is -2.30. The molecule has 1 aromatic rings. The van der Waals surface area contributed by atoms with Gasteiger partial charge in [-0.2, -0.15) is 0 Å². The van der Waals surface area contributed by atoms with Crippen LogP contribution in [-0.4, -0.2) is 24.1 Å². The maximum absolute atomic E-state index is 11.8. The lowest BCUT2D eigenvalue weighted by molar-refractivity contribution is -0.137. The van der Waals surface area contributed by atoms with Crippen LogP contribution in [0.5, 0.6) is 0 Å². The molecule has 1 aliphatic rings. The molecule has 0 radical (unpaired) electrons. The number of aliphatic hydroxyl groups excluding tert-OH is 1. The summed E-state index contributed by atoms with van der Waals surface area (Å²) in [6.45, 7) is 1.95. The van der Waals surface area contributed by atoms with Crippen molar-refractivity contribution in [2.24, 2.45) is 0 Å². The zero-order valence-corrected chi connectivity index (χ0v) is 10.8. The molecule has 19 heavy (non-hydrogen) atoms. The number of carbonyl (C=O) groups excluding carboxylic acids is 2. The maximum Gasteiger partial charge on any atom is 0.338 e. The number of fused-ring (bicyclic) bond motifs is 1. The van der Waals surface area contributed by atoms with Crippen LogP contribution in [-0.2, 0) is 20.7 Å². The number of carbonyl (C=O) groups is 2. The minimum atomic E-state index is -0.692. The number of hydrogen-bond acceptors (Lipinski definition) is 4. The van der Waals surface area contributed by atoms with Gasteiger partial charge in [0.1, 0.15) is 5.76 Å². The highest BCUT2D eigenvalue weighted by Crippen LogP contribution is 2.32. The van der Waals surface area contributed by atoms with Gasteiger partial charge >= 0.3 is 5.97 Å². The molecule has 0 aromatic heterocycles. The number of para-hydroxylation sites is 1. The Morgan fingerprint density at radius 1 is 1.47 bits per heavy atom. The van der Waals surface area contributed by atoms with E-state index in [9.17, 15) is 14.7 Å². The van der Waals surface area contributed by atoms with Gasteiger partial charge in [0, 0.05) is 5.56 Å². The molecule has 2 rings (SSSR count). The summed E-state index contributed by atoms with van der Waals surface area (Å²) >= 11 is 0. The standard InChI is InChI=1S/C14H15NO4/c1-3-8-5-4-6-9-12(8)15-11(16)7-10(13(9)17)14(18)19-2/h4-6,17H,3,7H2,1-2H3,(H,15,16). The smallest absolute Gasteiger partial charge is 0.338 e. The number of hydrogen-bond donors (Lipinski definition) is 2. The molecule has 1 amide bonds. The highest BCUT2D eigenvalue weighted by molar-refractivity contribution is 6.08. The van der Waals surface area contributed by atoms with Gasteiger partial charge in [0.05, 0.1) is 24.8 Å². The molecule has 0 spiro atoms. The van der Waals surface area contributed by atoms with Crippen molar-refractivity contribution in [1.82, 2.24) is 0 Å². The van der Waals surface area contributed by atoms with Gasteiger partial charge in [-0.3, -0.25) is 4.79 Å². The summed E-state index contributed by atoms with van der Waals surface area (Å²) in [7, 11) is 1.22. The number of anilines is 1. The average Bonchev–Trinajstić information content (AvgIpc) is 2.55. The summed E-state index contributed by atoms with van der Waals surface area (Å²) in [5, 5.41) is 13.0. The molecule has 1 aliphatic heterocycles. The Bertz CT molecular complexity index is 575. The van der Waals surface area contributed by atoms with E-state index < -0.39 is 5.97 Å². The Morgan fingerprint density at radius 3 is 2.84 bits per heavy atom. The number of aryl methyl sites for hydroxylation is 1. The van der Waals surface area contributed by atoms with E-state index in [1.54, 1.807) is 12.1 Å².